The second-order valence-electron chi connectivity index (χ2n) is 4.03. The fourth-order valence-corrected chi connectivity index (χ4v) is 2.72. The van der Waals surface area contributed by atoms with Crippen LogP contribution in [0, 0.1) is 13.8 Å². The largest absolute Gasteiger partial charge is 0.313 e. The summed E-state index contributed by atoms with van der Waals surface area (Å²) >= 11 is 0. The van der Waals surface area contributed by atoms with Crippen LogP contribution >= 0.6 is 0 Å². The molecule has 5 heteroatoms. The van der Waals surface area contributed by atoms with Gasteiger partial charge in [0.15, 0.2) is 0 Å². The zero-order valence-electron chi connectivity index (χ0n) is 10.8. The topological polar surface area (TPSA) is 58.2 Å². The molecule has 0 spiro atoms. The molecule has 0 aliphatic heterocycles. The molecule has 96 valence electrons. The maximum absolute atomic E-state index is 11.8. The van der Waals surface area contributed by atoms with Crippen LogP contribution in [0.4, 0.5) is 0 Å². The van der Waals surface area contributed by atoms with E-state index in [1.54, 1.807) is 6.07 Å². The molecule has 0 unspecified atom stereocenters. The molecule has 0 aromatic heterocycles. The van der Waals surface area contributed by atoms with Crippen molar-refractivity contribution in [1.82, 2.24) is 10.0 Å². The van der Waals surface area contributed by atoms with Gasteiger partial charge in [0.25, 0.3) is 0 Å². The summed E-state index contributed by atoms with van der Waals surface area (Å²) in [6.45, 7) is 7.38. The quantitative estimate of drug-likeness (QED) is 0.835. The van der Waals surface area contributed by atoms with E-state index < -0.39 is 10.0 Å². The number of sulfonamides is 1. The highest BCUT2D eigenvalue weighted by Crippen LogP contribution is 2.20. The van der Waals surface area contributed by atoms with Gasteiger partial charge in [0.2, 0.25) is 10.0 Å². The highest BCUT2D eigenvalue weighted by atomic mass is 32.2. The summed E-state index contributed by atoms with van der Waals surface area (Å²) in [6, 6.07) is 3.66. The maximum atomic E-state index is 11.8. The number of hydrogen-bond acceptors (Lipinski definition) is 3. The van der Waals surface area contributed by atoms with Crippen LogP contribution in [0.15, 0.2) is 17.0 Å². The van der Waals surface area contributed by atoms with Crippen molar-refractivity contribution in [3.8, 4) is 0 Å². The van der Waals surface area contributed by atoms with Gasteiger partial charge in [-0.25, -0.2) is 13.1 Å². The summed E-state index contributed by atoms with van der Waals surface area (Å²) < 4.78 is 26.0. The molecule has 0 amide bonds. The van der Waals surface area contributed by atoms with E-state index in [2.05, 4.69) is 10.0 Å². The Morgan fingerprint density at radius 2 is 1.82 bits per heavy atom. The smallest absolute Gasteiger partial charge is 0.240 e. The van der Waals surface area contributed by atoms with Crippen LogP contribution in [0.3, 0.4) is 0 Å². The Labute approximate surface area is 103 Å². The first-order chi connectivity index (χ1) is 7.92. The van der Waals surface area contributed by atoms with E-state index in [0.717, 1.165) is 23.2 Å². The Hall–Kier alpha value is -0.910. The number of nitrogens with one attached hydrogen (secondary N) is 2. The molecule has 0 radical (unpaired) electrons. The Balaban J connectivity index is 3.24. The van der Waals surface area contributed by atoms with E-state index >= 15 is 0 Å². The molecule has 1 aromatic rings. The second-order valence-corrected chi connectivity index (χ2v) is 5.89. The SMILES string of the molecule is CCNCc1cc(S(=O)(=O)NC)c(C)cc1C. The molecular weight excluding hydrogens is 236 g/mol. The van der Waals surface area contributed by atoms with Gasteiger partial charge in [-0.1, -0.05) is 13.0 Å². The third kappa shape index (κ3) is 3.28. The van der Waals surface area contributed by atoms with Crippen molar-refractivity contribution in [3.63, 3.8) is 0 Å². The highest BCUT2D eigenvalue weighted by molar-refractivity contribution is 7.89. The monoisotopic (exact) mass is 256 g/mol. The summed E-state index contributed by atoms with van der Waals surface area (Å²) in [6.07, 6.45) is 0. The van der Waals surface area contributed by atoms with Crippen LogP contribution < -0.4 is 10.0 Å². The van der Waals surface area contributed by atoms with Crippen molar-refractivity contribution >= 4 is 10.0 Å². The van der Waals surface area contributed by atoms with Gasteiger partial charge in [0.05, 0.1) is 4.90 Å². The molecule has 4 nitrogen and oxygen atoms in total. The molecule has 17 heavy (non-hydrogen) atoms. The van der Waals surface area contributed by atoms with E-state index in [9.17, 15) is 8.42 Å². The Morgan fingerprint density at radius 1 is 1.18 bits per heavy atom. The van der Waals surface area contributed by atoms with Crippen LogP contribution in [0.25, 0.3) is 0 Å². The number of benzene rings is 1. The predicted octanol–water partition coefficient (Wildman–Crippen LogP) is 1.32. The molecular formula is C12H20N2O2S. The van der Waals surface area contributed by atoms with Gasteiger partial charge in [0.1, 0.15) is 0 Å². The fraction of sp³-hybridized carbons (Fsp3) is 0.500. The summed E-state index contributed by atoms with van der Waals surface area (Å²) in [5, 5.41) is 3.21. The highest BCUT2D eigenvalue weighted by Gasteiger charge is 2.16. The molecule has 0 aliphatic rings. The standard InChI is InChI=1S/C12H20N2O2S/c1-5-14-8-11-7-12(17(15,16)13-4)10(3)6-9(11)2/h6-7,13-14H,5,8H2,1-4H3. The third-order valence-electron chi connectivity index (χ3n) is 2.76. The molecule has 0 saturated heterocycles. The molecule has 0 fully saturated rings. The molecule has 0 bridgehead atoms. The maximum Gasteiger partial charge on any atom is 0.240 e. The molecule has 0 atom stereocenters. The average molecular weight is 256 g/mol. The summed E-state index contributed by atoms with van der Waals surface area (Å²) in [4.78, 5) is 0.360. The zero-order chi connectivity index (χ0) is 13.1. The minimum Gasteiger partial charge on any atom is -0.313 e. The van der Waals surface area contributed by atoms with Crippen molar-refractivity contribution in [3.05, 3.63) is 28.8 Å². The lowest BCUT2D eigenvalue weighted by Crippen LogP contribution is -2.21. The molecule has 1 rings (SSSR count). The minimum absolute atomic E-state index is 0.360. The van der Waals surface area contributed by atoms with Gasteiger partial charge in [-0.2, -0.15) is 0 Å². The van der Waals surface area contributed by atoms with Gasteiger partial charge < -0.3 is 5.32 Å². The van der Waals surface area contributed by atoms with Crippen molar-refractivity contribution in [2.24, 2.45) is 0 Å². The van der Waals surface area contributed by atoms with Crippen molar-refractivity contribution in [1.29, 1.82) is 0 Å². The van der Waals surface area contributed by atoms with Crippen LogP contribution in [0.2, 0.25) is 0 Å². The first-order valence-corrected chi connectivity index (χ1v) is 7.15. The summed E-state index contributed by atoms with van der Waals surface area (Å²) in [5.41, 5.74) is 2.90. The summed E-state index contributed by atoms with van der Waals surface area (Å²) in [7, 11) is -1.94. The predicted molar refractivity (Wildman–Crippen MR) is 69.5 cm³/mol. The van der Waals surface area contributed by atoms with Crippen LogP contribution in [0.1, 0.15) is 23.6 Å². The lowest BCUT2D eigenvalue weighted by molar-refractivity contribution is 0.587. The fourth-order valence-electron chi connectivity index (χ4n) is 1.72. The molecule has 0 heterocycles. The second kappa shape index (κ2) is 5.62. The van der Waals surface area contributed by atoms with Crippen molar-refractivity contribution in [2.45, 2.75) is 32.2 Å². The minimum atomic E-state index is -3.37. The van der Waals surface area contributed by atoms with Gasteiger partial charge in [-0.3, -0.25) is 0 Å². The number of hydrogen-bond donors (Lipinski definition) is 2. The van der Waals surface area contributed by atoms with Crippen LogP contribution in [-0.4, -0.2) is 22.0 Å². The third-order valence-corrected chi connectivity index (χ3v) is 4.31. The van der Waals surface area contributed by atoms with E-state index in [-0.39, 0.29) is 0 Å². The van der Waals surface area contributed by atoms with Crippen molar-refractivity contribution < 1.29 is 8.42 Å². The molecule has 0 aliphatic carbocycles. The molecule has 0 saturated carbocycles. The number of rotatable bonds is 5. The van der Waals surface area contributed by atoms with Gasteiger partial charge in [-0.15, -0.1) is 0 Å². The normalized spacial score (nSPS) is 11.8. The van der Waals surface area contributed by atoms with Crippen LogP contribution in [0.5, 0.6) is 0 Å². The van der Waals surface area contributed by atoms with Crippen molar-refractivity contribution in [2.75, 3.05) is 13.6 Å². The summed E-state index contributed by atoms with van der Waals surface area (Å²) in [5.74, 6) is 0. The van der Waals surface area contributed by atoms with E-state index in [1.165, 1.54) is 7.05 Å². The first-order valence-electron chi connectivity index (χ1n) is 5.66. The van der Waals surface area contributed by atoms with Gasteiger partial charge >= 0.3 is 0 Å². The van der Waals surface area contributed by atoms with E-state index in [0.29, 0.717) is 11.4 Å². The Morgan fingerprint density at radius 3 is 2.35 bits per heavy atom. The molecule has 2 N–H and O–H groups in total. The lowest BCUT2D eigenvalue weighted by atomic mass is 10.1. The molecule has 1 aromatic carbocycles. The van der Waals surface area contributed by atoms with Crippen LogP contribution in [-0.2, 0) is 16.6 Å². The van der Waals surface area contributed by atoms with Gasteiger partial charge in [-0.05, 0) is 50.2 Å². The lowest BCUT2D eigenvalue weighted by Gasteiger charge is -2.12. The van der Waals surface area contributed by atoms with E-state index in [4.69, 9.17) is 0 Å². The Kier molecular flexibility index (Phi) is 4.68. The number of aryl methyl sites for hydroxylation is 2. The van der Waals surface area contributed by atoms with Gasteiger partial charge in [0, 0.05) is 6.54 Å². The first kappa shape index (κ1) is 14.2. The average Bonchev–Trinajstić information content (AvgIpc) is 2.27. The Bertz CT molecular complexity index is 495. The van der Waals surface area contributed by atoms with E-state index in [1.807, 2.05) is 26.8 Å². The zero-order valence-corrected chi connectivity index (χ0v) is 11.6.